The van der Waals surface area contributed by atoms with Crippen molar-refractivity contribution in [3.63, 3.8) is 0 Å². The van der Waals surface area contributed by atoms with E-state index in [1.807, 2.05) is 12.1 Å². The molecular weight excluding hydrogens is 414 g/mol. The zero-order valence-electron chi connectivity index (χ0n) is 10.0. The van der Waals surface area contributed by atoms with Gasteiger partial charge in [0.1, 0.15) is 0 Å². The SMILES string of the molecule is CN=C(NC#N)Nc1c[c-]c(-c2cnco2)cc1.[W]. The topological polar surface area (TPSA) is 86.2 Å². The third-order valence-corrected chi connectivity index (χ3v) is 2.17. The van der Waals surface area contributed by atoms with Crippen LogP contribution in [0.25, 0.3) is 11.3 Å². The maximum atomic E-state index is 8.51. The fraction of sp³-hybridized carbons (Fsp3) is 0.0833. The first-order chi connectivity index (χ1) is 8.83. The van der Waals surface area contributed by atoms with Crippen LogP contribution >= 0.6 is 0 Å². The molecule has 0 aliphatic rings. The van der Waals surface area contributed by atoms with Gasteiger partial charge in [0.15, 0.2) is 18.5 Å². The van der Waals surface area contributed by atoms with E-state index in [2.05, 4.69) is 26.7 Å². The molecule has 0 aliphatic carbocycles. The van der Waals surface area contributed by atoms with Gasteiger partial charge in [0.05, 0.1) is 5.76 Å². The van der Waals surface area contributed by atoms with Gasteiger partial charge in [-0.1, -0.05) is 0 Å². The third-order valence-electron chi connectivity index (χ3n) is 2.17. The van der Waals surface area contributed by atoms with Crippen LogP contribution < -0.4 is 10.6 Å². The number of hydrogen-bond acceptors (Lipinski definition) is 4. The molecule has 1 aromatic carbocycles. The Bertz CT molecular complexity index is 571. The predicted octanol–water partition coefficient (Wildman–Crippen LogP) is 1.61. The third kappa shape index (κ3) is 3.93. The molecule has 19 heavy (non-hydrogen) atoms. The van der Waals surface area contributed by atoms with E-state index in [9.17, 15) is 0 Å². The van der Waals surface area contributed by atoms with Gasteiger partial charge in [-0.15, -0.1) is 29.8 Å². The van der Waals surface area contributed by atoms with Crippen LogP contribution in [-0.4, -0.2) is 18.0 Å². The summed E-state index contributed by atoms with van der Waals surface area (Å²) in [6, 6.07) is 8.45. The zero-order valence-corrected chi connectivity index (χ0v) is 13.0. The first-order valence-corrected chi connectivity index (χ1v) is 5.13. The Morgan fingerprint density at radius 1 is 1.53 bits per heavy atom. The first-order valence-electron chi connectivity index (χ1n) is 5.13. The van der Waals surface area contributed by atoms with Crippen molar-refractivity contribution >= 4 is 11.6 Å². The van der Waals surface area contributed by atoms with Crippen LogP contribution in [0, 0.1) is 17.5 Å². The minimum absolute atomic E-state index is 0. The molecule has 7 heteroatoms. The van der Waals surface area contributed by atoms with Crippen LogP contribution in [0.1, 0.15) is 0 Å². The largest absolute Gasteiger partial charge is 0.490 e. The Morgan fingerprint density at radius 2 is 2.37 bits per heavy atom. The number of anilines is 1. The standard InChI is InChI=1S/C12H10N5O.W/c1-14-12(16-7-13)17-10-4-2-9(3-5-10)11-6-15-8-18-11;/h2,4-6,8H,1H3,(H2,14,16,17);/q-1;. The summed E-state index contributed by atoms with van der Waals surface area (Å²) in [5.41, 5.74) is 1.57. The minimum Gasteiger partial charge on any atom is -0.490 e. The van der Waals surface area contributed by atoms with Gasteiger partial charge in [0, 0.05) is 34.3 Å². The molecule has 96 valence electrons. The molecule has 0 aliphatic heterocycles. The molecule has 0 spiro atoms. The summed E-state index contributed by atoms with van der Waals surface area (Å²) in [5, 5.41) is 13.9. The Balaban J connectivity index is 0.00000180. The van der Waals surface area contributed by atoms with Crippen LogP contribution in [0.3, 0.4) is 0 Å². The number of aliphatic imine (C=N–C) groups is 1. The minimum atomic E-state index is 0. The average Bonchev–Trinajstić information content (AvgIpc) is 2.93. The summed E-state index contributed by atoms with van der Waals surface area (Å²) < 4.78 is 5.16. The number of benzene rings is 1. The Kier molecular flexibility index (Phi) is 5.77. The van der Waals surface area contributed by atoms with Gasteiger partial charge in [0.25, 0.3) is 0 Å². The fourth-order valence-corrected chi connectivity index (χ4v) is 1.34. The smallest absolute Gasteiger partial charge is 0.200 e. The molecule has 0 unspecified atom stereocenters. The van der Waals surface area contributed by atoms with Crippen molar-refractivity contribution in [3.8, 4) is 17.5 Å². The van der Waals surface area contributed by atoms with Gasteiger partial charge in [-0.2, -0.15) is 5.26 Å². The van der Waals surface area contributed by atoms with Crippen LogP contribution in [0.5, 0.6) is 0 Å². The Hall–Kier alpha value is -2.12. The van der Waals surface area contributed by atoms with E-state index in [0.717, 1.165) is 11.3 Å². The molecule has 6 nitrogen and oxygen atoms in total. The number of hydrogen-bond donors (Lipinski definition) is 2. The Morgan fingerprint density at radius 3 is 2.89 bits per heavy atom. The Labute approximate surface area is 124 Å². The van der Waals surface area contributed by atoms with E-state index in [4.69, 9.17) is 9.68 Å². The second-order valence-electron chi connectivity index (χ2n) is 3.29. The van der Waals surface area contributed by atoms with Crippen molar-refractivity contribution in [2.75, 3.05) is 12.4 Å². The molecule has 1 aromatic heterocycles. The van der Waals surface area contributed by atoms with Crippen molar-refractivity contribution in [1.29, 1.82) is 5.26 Å². The van der Waals surface area contributed by atoms with Crippen LogP contribution in [0.4, 0.5) is 5.69 Å². The van der Waals surface area contributed by atoms with Gasteiger partial charge in [0.2, 0.25) is 0 Å². The van der Waals surface area contributed by atoms with E-state index >= 15 is 0 Å². The van der Waals surface area contributed by atoms with Gasteiger partial charge < -0.3 is 9.73 Å². The van der Waals surface area contributed by atoms with Crippen molar-refractivity contribution in [1.82, 2.24) is 10.3 Å². The molecule has 0 bridgehead atoms. The van der Waals surface area contributed by atoms with Gasteiger partial charge in [-0.05, 0) is 5.69 Å². The maximum absolute atomic E-state index is 8.51. The quantitative estimate of drug-likeness (QED) is 0.252. The molecule has 0 saturated heterocycles. The number of aromatic nitrogens is 1. The van der Waals surface area contributed by atoms with E-state index < -0.39 is 0 Å². The number of rotatable bonds is 2. The average molecular weight is 424 g/mol. The summed E-state index contributed by atoms with van der Waals surface area (Å²) in [6.07, 6.45) is 4.79. The molecule has 2 rings (SSSR count). The summed E-state index contributed by atoms with van der Waals surface area (Å²) in [7, 11) is 1.58. The van der Waals surface area contributed by atoms with Crippen LogP contribution in [0.15, 0.2) is 40.2 Å². The number of guanidine groups is 1. The zero-order chi connectivity index (χ0) is 12.8. The maximum Gasteiger partial charge on any atom is 0.200 e. The van der Waals surface area contributed by atoms with E-state index in [1.54, 1.807) is 25.5 Å². The monoisotopic (exact) mass is 424 g/mol. The van der Waals surface area contributed by atoms with Gasteiger partial charge >= 0.3 is 0 Å². The molecule has 0 radical (unpaired) electrons. The number of nitriles is 1. The molecule has 2 aromatic rings. The van der Waals surface area contributed by atoms with Crippen molar-refractivity contribution < 1.29 is 25.5 Å². The summed E-state index contributed by atoms with van der Waals surface area (Å²) in [4.78, 5) is 7.71. The number of nitrogens with one attached hydrogen (secondary N) is 2. The second kappa shape index (κ2) is 7.34. The van der Waals surface area contributed by atoms with Gasteiger partial charge in [-0.25, -0.2) is 4.98 Å². The summed E-state index contributed by atoms with van der Waals surface area (Å²) in [6.45, 7) is 0. The first kappa shape index (κ1) is 14.9. The molecule has 0 saturated carbocycles. The predicted molar refractivity (Wildman–Crippen MR) is 66.5 cm³/mol. The van der Waals surface area contributed by atoms with E-state index in [0.29, 0.717) is 11.7 Å². The molecular formula is C12H10N5OW-. The number of nitrogens with zero attached hydrogens (tertiary/aromatic N) is 3. The van der Waals surface area contributed by atoms with Crippen molar-refractivity contribution in [3.05, 3.63) is 36.9 Å². The van der Waals surface area contributed by atoms with Crippen LogP contribution in [-0.2, 0) is 21.1 Å². The summed E-state index contributed by atoms with van der Waals surface area (Å²) >= 11 is 0. The molecule has 1 heterocycles. The van der Waals surface area contributed by atoms with E-state index in [-0.39, 0.29) is 21.1 Å². The molecule has 2 N–H and O–H groups in total. The summed E-state index contributed by atoms with van der Waals surface area (Å²) in [5.74, 6) is 1.03. The molecule has 0 amide bonds. The van der Waals surface area contributed by atoms with E-state index in [1.165, 1.54) is 6.39 Å². The normalized spacial score (nSPS) is 10.2. The number of oxazole rings is 1. The fourth-order valence-electron chi connectivity index (χ4n) is 1.34. The van der Waals surface area contributed by atoms with Crippen molar-refractivity contribution in [2.24, 2.45) is 4.99 Å². The molecule has 0 fully saturated rings. The van der Waals surface area contributed by atoms with Gasteiger partial charge in [-0.3, -0.25) is 10.3 Å². The molecule has 0 atom stereocenters. The van der Waals surface area contributed by atoms with Crippen molar-refractivity contribution in [2.45, 2.75) is 0 Å². The van der Waals surface area contributed by atoms with Crippen LogP contribution in [0.2, 0.25) is 0 Å². The second-order valence-corrected chi connectivity index (χ2v) is 3.29.